The fourth-order valence-electron chi connectivity index (χ4n) is 1.77. The SMILES string of the molecule is CC(=O)C1CCc2cc([N+](=O)[O-])ccc2O1. The second-order valence-electron chi connectivity index (χ2n) is 3.80. The molecule has 0 aliphatic carbocycles. The molecule has 0 spiro atoms. The molecule has 0 amide bonds. The molecule has 0 fully saturated rings. The maximum atomic E-state index is 11.2. The van der Waals surface area contributed by atoms with E-state index in [2.05, 4.69) is 0 Å². The number of non-ortho nitro benzene ring substituents is 1. The fraction of sp³-hybridized carbons (Fsp3) is 0.364. The van der Waals surface area contributed by atoms with Gasteiger partial charge < -0.3 is 4.74 Å². The lowest BCUT2D eigenvalue weighted by molar-refractivity contribution is -0.385. The molecular weight excluding hydrogens is 210 g/mol. The summed E-state index contributed by atoms with van der Waals surface area (Å²) in [6.07, 6.45) is 0.819. The summed E-state index contributed by atoms with van der Waals surface area (Å²) in [4.78, 5) is 21.3. The lowest BCUT2D eigenvalue weighted by Gasteiger charge is -2.23. The van der Waals surface area contributed by atoms with Crippen LogP contribution in [0.5, 0.6) is 5.75 Å². The number of benzene rings is 1. The number of fused-ring (bicyclic) bond motifs is 1. The smallest absolute Gasteiger partial charge is 0.269 e. The lowest BCUT2D eigenvalue weighted by Crippen LogP contribution is -2.29. The Kier molecular flexibility index (Phi) is 2.60. The van der Waals surface area contributed by atoms with E-state index in [4.69, 9.17) is 4.74 Å². The van der Waals surface area contributed by atoms with E-state index in [-0.39, 0.29) is 11.5 Å². The van der Waals surface area contributed by atoms with Gasteiger partial charge in [-0.05, 0) is 25.8 Å². The maximum Gasteiger partial charge on any atom is 0.269 e. The second kappa shape index (κ2) is 3.92. The quantitative estimate of drug-likeness (QED) is 0.564. The van der Waals surface area contributed by atoms with E-state index >= 15 is 0 Å². The largest absolute Gasteiger partial charge is 0.482 e. The van der Waals surface area contributed by atoms with Crippen LogP contribution in [0.4, 0.5) is 5.69 Å². The first-order valence-electron chi connectivity index (χ1n) is 5.02. The summed E-state index contributed by atoms with van der Waals surface area (Å²) in [5, 5.41) is 10.6. The van der Waals surface area contributed by atoms with Gasteiger partial charge in [0.05, 0.1) is 4.92 Å². The Morgan fingerprint density at radius 3 is 2.94 bits per heavy atom. The molecule has 1 atom stereocenters. The summed E-state index contributed by atoms with van der Waals surface area (Å²) >= 11 is 0. The van der Waals surface area contributed by atoms with Crippen LogP contribution in [0.3, 0.4) is 0 Å². The van der Waals surface area contributed by atoms with Crippen molar-refractivity contribution >= 4 is 11.5 Å². The fourth-order valence-corrected chi connectivity index (χ4v) is 1.77. The Morgan fingerprint density at radius 1 is 1.56 bits per heavy atom. The van der Waals surface area contributed by atoms with E-state index in [1.54, 1.807) is 6.07 Å². The minimum absolute atomic E-state index is 0.0102. The Hall–Kier alpha value is -1.91. The van der Waals surface area contributed by atoms with Gasteiger partial charge >= 0.3 is 0 Å². The molecule has 84 valence electrons. The minimum Gasteiger partial charge on any atom is -0.482 e. The number of nitro benzene ring substituents is 1. The molecule has 1 aromatic rings. The molecule has 1 aliphatic heterocycles. The number of nitrogens with zero attached hydrogens (tertiary/aromatic N) is 1. The van der Waals surface area contributed by atoms with Gasteiger partial charge in [0.2, 0.25) is 0 Å². The summed E-state index contributed by atoms with van der Waals surface area (Å²) in [6, 6.07) is 4.45. The molecule has 16 heavy (non-hydrogen) atoms. The molecule has 1 unspecified atom stereocenters. The first-order chi connectivity index (χ1) is 7.58. The van der Waals surface area contributed by atoms with Crippen molar-refractivity contribution in [3.8, 4) is 5.75 Å². The molecule has 0 N–H and O–H groups in total. The van der Waals surface area contributed by atoms with Crippen LogP contribution in [0.25, 0.3) is 0 Å². The zero-order valence-electron chi connectivity index (χ0n) is 8.80. The lowest BCUT2D eigenvalue weighted by atomic mass is 10.00. The predicted molar refractivity (Wildman–Crippen MR) is 56.5 cm³/mol. The Balaban J connectivity index is 2.29. The third-order valence-electron chi connectivity index (χ3n) is 2.65. The molecule has 0 aromatic heterocycles. The first kappa shape index (κ1) is 10.6. The highest BCUT2D eigenvalue weighted by Crippen LogP contribution is 2.30. The molecule has 2 rings (SSSR count). The van der Waals surface area contributed by atoms with Crippen LogP contribution in [0.15, 0.2) is 18.2 Å². The third-order valence-corrected chi connectivity index (χ3v) is 2.65. The number of hydrogen-bond donors (Lipinski definition) is 0. The molecule has 0 saturated carbocycles. The number of hydrogen-bond acceptors (Lipinski definition) is 4. The Bertz CT molecular complexity index is 455. The van der Waals surface area contributed by atoms with Gasteiger partial charge in [-0.15, -0.1) is 0 Å². The van der Waals surface area contributed by atoms with Gasteiger partial charge in [0.15, 0.2) is 11.9 Å². The summed E-state index contributed by atoms with van der Waals surface area (Å²) in [5.74, 6) is 0.570. The van der Waals surface area contributed by atoms with Crippen molar-refractivity contribution in [1.82, 2.24) is 0 Å². The first-order valence-corrected chi connectivity index (χ1v) is 5.02. The summed E-state index contributed by atoms with van der Waals surface area (Å²) in [6.45, 7) is 1.49. The number of nitro groups is 1. The van der Waals surface area contributed by atoms with Crippen LogP contribution in [0.1, 0.15) is 18.9 Å². The molecule has 0 saturated heterocycles. The predicted octanol–water partition coefficient (Wildman–Crippen LogP) is 1.88. The molecule has 0 radical (unpaired) electrons. The Morgan fingerprint density at radius 2 is 2.31 bits per heavy atom. The van der Waals surface area contributed by atoms with Gasteiger partial charge in [-0.25, -0.2) is 0 Å². The molecule has 1 heterocycles. The van der Waals surface area contributed by atoms with Crippen molar-refractivity contribution in [1.29, 1.82) is 0 Å². The molecule has 5 nitrogen and oxygen atoms in total. The zero-order chi connectivity index (χ0) is 11.7. The summed E-state index contributed by atoms with van der Waals surface area (Å²) in [7, 11) is 0. The highest BCUT2D eigenvalue weighted by Gasteiger charge is 2.24. The van der Waals surface area contributed by atoms with Crippen molar-refractivity contribution in [3.63, 3.8) is 0 Å². The number of Topliss-reactive ketones (excluding diaryl/α,β-unsaturated/α-hetero) is 1. The van der Waals surface area contributed by atoms with Gasteiger partial charge in [-0.1, -0.05) is 0 Å². The van der Waals surface area contributed by atoms with Crippen molar-refractivity contribution in [2.45, 2.75) is 25.9 Å². The standard InChI is InChI=1S/C11H11NO4/c1-7(13)10-4-2-8-6-9(12(14)15)3-5-11(8)16-10/h3,5-6,10H,2,4H2,1H3. The van der Waals surface area contributed by atoms with Gasteiger partial charge in [0.1, 0.15) is 5.75 Å². The van der Waals surface area contributed by atoms with E-state index in [9.17, 15) is 14.9 Å². The van der Waals surface area contributed by atoms with Gasteiger partial charge in [0, 0.05) is 17.7 Å². The van der Waals surface area contributed by atoms with E-state index < -0.39 is 11.0 Å². The topological polar surface area (TPSA) is 69.4 Å². The van der Waals surface area contributed by atoms with E-state index in [0.717, 1.165) is 5.56 Å². The molecule has 5 heteroatoms. The van der Waals surface area contributed by atoms with E-state index in [0.29, 0.717) is 18.6 Å². The molecule has 0 bridgehead atoms. The van der Waals surface area contributed by atoms with Gasteiger partial charge in [-0.2, -0.15) is 0 Å². The highest BCUT2D eigenvalue weighted by molar-refractivity contribution is 5.81. The number of rotatable bonds is 2. The van der Waals surface area contributed by atoms with Crippen molar-refractivity contribution in [2.75, 3.05) is 0 Å². The van der Waals surface area contributed by atoms with Crippen molar-refractivity contribution in [2.24, 2.45) is 0 Å². The van der Waals surface area contributed by atoms with Crippen LogP contribution >= 0.6 is 0 Å². The zero-order valence-corrected chi connectivity index (χ0v) is 8.80. The van der Waals surface area contributed by atoms with Crippen LogP contribution < -0.4 is 4.74 Å². The van der Waals surface area contributed by atoms with Gasteiger partial charge in [0.25, 0.3) is 5.69 Å². The van der Waals surface area contributed by atoms with Crippen LogP contribution in [0, 0.1) is 10.1 Å². The van der Waals surface area contributed by atoms with Crippen molar-refractivity contribution in [3.05, 3.63) is 33.9 Å². The maximum absolute atomic E-state index is 11.2. The average Bonchev–Trinajstić information content (AvgIpc) is 2.27. The summed E-state index contributed by atoms with van der Waals surface area (Å²) < 4.78 is 5.46. The monoisotopic (exact) mass is 221 g/mol. The molecular formula is C11H11NO4. The van der Waals surface area contributed by atoms with Crippen LogP contribution in [-0.2, 0) is 11.2 Å². The highest BCUT2D eigenvalue weighted by atomic mass is 16.6. The number of ketones is 1. The van der Waals surface area contributed by atoms with Gasteiger partial charge in [-0.3, -0.25) is 14.9 Å². The normalized spacial score (nSPS) is 18.4. The second-order valence-corrected chi connectivity index (χ2v) is 3.80. The van der Waals surface area contributed by atoms with Crippen molar-refractivity contribution < 1.29 is 14.5 Å². The van der Waals surface area contributed by atoms with Crippen LogP contribution in [0.2, 0.25) is 0 Å². The summed E-state index contributed by atoms with van der Waals surface area (Å²) in [5.41, 5.74) is 0.857. The van der Waals surface area contributed by atoms with E-state index in [1.807, 2.05) is 0 Å². The number of carbonyl (C=O) groups excluding carboxylic acids is 1. The molecule has 1 aliphatic rings. The Labute approximate surface area is 92.2 Å². The minimum atomic E-state index is -0.433. The number of aryl methyl sites for hydroxylation is 1. The van der Waals surface area contributed by atoms with E-state index in [1.165, 1.54) is 19.1 Å². The van der Waals surface area contributed by atoms with Crippen LogP contribution in [-0.4, -0.2) is 16.8 Å². The average molecular weight is 221 g/mol. The number of ether oxygens (including phenoxy) is 1. The third kappa shape index (κ3) is 1.88. The molecule has 1 aromatic carbocycles. The number of carbonyl (C=O) groups is 1.